The van der Waals surface area contributed by atoms with E-state index in [1.54, 1.807) is 6.21 Å². The minimum absolute atomic E-state index is 0.104. The summed E-state index contributed by atoms with van der Waals surface area (Å²) in [4.78, 5) is 15.0. The molecule has 0 aliphatic heterocycles. The van der Waals surface area contributed by atoms with Gasteiger partial charge in [0.15, 0.2) is 0 Å². The second-order valence-electron chi connectivity index (χ2n) is 5.96. The van der Waals surface area contributed by atoms with Gasteiger partial charge in [-0.15, -0.1) is 0 Å². The van der Waals surface area contributed by atoms with Crippen LogP contribution in [0, 0.1) is 0 Å². The minimum atomic E-state index is -0.104. The first kappa shape index (κ1) is 17.5. The number of amides is 1. The molecule has 0 saturated carbocycles. The molecule has 0 unspecified atom stereocenters. The lowest BCUT2D eigenvalue weighted by molar-refractivity contribution is -0.121. The molecule has 0 aliphatic rings. The number of carbonyl (C=O) groups excluding carboxylic acids is 1. The highest BCUT2D eigenvalue weighted by atomic mass is 16.2. The Balaban J connectivity index is 1.38. The molecular formula is C21H22N4O. The zero-order chi connectivity index (χ0) is 18.2. The Morgan fingerprint density at radius 1 is 1.12 bits per heavy atom. The fourth-order valence-corrected chi connectivity index (χ4v) is 2.66. The molecule has 2 aromatic carbocycles. The predicted molar refractivity (Wildman–Crippen MR) is 107 cm³/mol. The van der Waals surface area contributed by atoms with Crippen molar-refractivity contribution in [3.63, 3.8) is 0 Å². The molecule has 0 spiro atoms. The van der Waals surface area contributed by atoms with Crippen LogP contribution in [0.5, 0.6) is 0 Å². The Labute approximate surface area is 152 Å². The Morgan fingerprint density at radius 3 is 2.73 bits per heavy atom. The number of hydrogen-bond donors (Lipinski definition) is 3. The number of nitrogens with one attached hydrogen (secondary N) is 3. The fraction of sp³-hybridized carbons (Fsp3) is 0.143. The average Bonchev–Trinajstić information content (AvgIpc) is 3.09. The predicted octanol–water partition coefficient (Wildman–Crippen LogP) is 3.66. The number of hydrazone groups is 1. The van der Waals surface area contributed by atoms with Crippen LogP contribution < -0.4 is 10.7 Å². The summed E-state index contributed by atoms with van der Waals surface area (Å²) >= 11 is 0. The first-order chi connectivity index (χ1) is 12.7. The third-order valence-electron chi connectivity index (χ3n) is 4.06. The number of para-hydroxylation sites is 1. The lowest BCUT2D eigenvalue weighted by Crippen LogP contribution is -2.20. The zero-order valence-electron chi connectivity index (χ0n) is 14.5. The van der Waals surface area contributed by atoms with Crippen LogP contribution in [0.25, 0.3) is 16.6 Å². The quantitative estimate of drug-likeness (QED) is 0.331. The molecule has 0 bridgehead atoms. The van der Waals surface area contributed by atoms with E-state index < -0.39 is 0 Å². The van der Waals surface area contributed by atoms with Crippen molar-refractivity contribution < 1.29 is 4.79 Å². The van der Waals surface area contributed by atoms with Gasteiger partial charge in [0.25, 0.3) is 0 Å². The first-order valence-corrected chi connectivity index (χ1v) is 8.60. The maximum Gasteiger partial charge on any atom is 0.240 e. The van der Waals surface area contributed by atoms with E-state index in [4.69, 9.17) is 0 Å². The van der Waals surface area contributed by atoms with Gasteiger partial charge < -0.3 is 10.3 Å². The van der Waals surface area contributed by atoms with E-state index >= 15 is 0 Å². The summed E-state index contributed by atoms with van der Waals surface area (Å²) in [5, 5.41) is 8.36. The number of aromatic amines is 1. The van der Waals surface area contributed by atoms with E-state index in [1.165, 1.54) is 0 Å². The summed E-state index contributed by atoms with van der Waals surface area (Å²) in [7, 11) is 0. The maximum atomic E-state index is 11.9. The van der Waals surface area contributed by atoms with Gasteiger partial charge in [-0.3, -0.25) is 4.79 Å². The summed E-state index contributed by atoms with van der Waals surface area (Å²) in [6.45, 7) is 4.69. The van der Waals surface area contributed by atoms with Gasteiger partial charge in [-0.25, -0.2) is 5.43 Å². The van der Waals surface area contributed by atoms with Gasteiger partial charge in [0.1, 0.15) is 0 Å². The number of carbonyl (C=O) groups is 1. The van der Waals surface area contributed by atoms with Crippen LogP contribution in [0.4, 0.5) is 0 Å². The van der Waals surface area contributed by atoms with Gasteiger partial charge >= 0.3 is 0 Å². The van der Waals surface area contributed by atoms with Crippen LogP contribution in [0.2, 0.25) is 0 Å². The van der Waals surface area contributed by atoms with Crippen LogP contribution in [0.15, 0.2) is 72.5 Å². The van der Waals surface area contributed by atoms with E-state index in [2.05, 4.69) is 27.4 Å². The maximum absolute atomic E-state index is 11.9. The number of rotatable bonds is 8. The van der Waals surface area contributed by atoms with E-state index in [-0.39, 0.29) is 5.91 Å². The SMILES string of the molecule is C=C(NCCCC(=O)NN=Cc1c[nH]c2ccccc12)c1ccccc1. The van der Waals surface area contributed by atoms with Crippen LogP contribution in [0.3, 0.4) is 0 Å². The molecule has 0 radical (unpaired) electrons. The molecule has 132 valence electrons. The van der Waals surface area contributed by atoms with Crippen LogP contribution >= 0.6 is 0 Å². The van der Waals surface area contributed by atoms with Gasteiger partial charge in [-0.2, -0.15) is 5.10 Å². The van der Waals surface area contributed by atoms with Crippen molar-refractivity contribution in [3.05, 3.63) is 78.5 Å². The van der Waals surface area contributed by atoms with Crippen LogP contribution in [0.1, 0.15) is 24.0 Å². The number of nitrogens with zero attached hydrogens (tertiary/aromatic N) is 1. The molecule has 1 aromatic heterocycles. The molecule has 3 rings (SSSR count). The van der Waals surface area contributed by atoms with Crippen molar-refractivity contribution in [1.82, 2.24) is 15.7 Å². The molecule has 26 heavy (non-hydrogen) atoms. The normalized spacial score (nSPS) is 10.9. The van der Waals surface area contributed by atoms with Gasteiger partial charge in [0, 0.05) is 41.3 Å². The molecule has 0 fully saturated rings. The highest BCUT2D eigenvalue weighted by molar-refractivity contribution is 5.99. The summed E-state index contributed by atoms with van der Waals surface area (Å²) in [6, 6.07) is 17.9. The van der Waals surface area contributed by atoms with E-state index in [0.29, 0.717) is 19.4 Å². The Hall–Kier alpha value is -3.34. The van der Waals surface area contributed by atoms with Gasteiger partial charge in [-0.05, 0) is 18.1 Å². The van der Waals surface area contributed by atoms with Crippen LogP contribution in [-0.4, -0.2) is 23.7 Å². The number of benzene rings is 2. The molecular weight excluding hydrogens is 324 g/mol. The van der Waals surface area contributed by atoms with Crippen molar-refractivity contribution in [1.29, 1.82) is 0 Å². The third-order valence-corrected chi connectivity index (χ3v) is 4.06. The van der Waals surface area contributed by atoms with Crippen LogP contribution in [-0.2, 0) is 4.79 Å². The second-order valence-corrected chi connectivity index (χ2v) is 5.96. The molecule has 3 aromatic rings. The Kier molecular flexibility index (Phi) is 5.83. The molecule has 0 aliphatic carbocycles. The third kappa shape index (κ3) is 4.60. The topological polar surface area (TPSA) is 69.3 Å². The van der Waals surface area contributed by atoms with Crippen molar-refractivity contribution in [2.75, 3.05) is 6.54 Å². The van der Waals surface area contributed by atoms with E-state index in [0.717, 1.165) is 27.7 Å². The summed E-state index contributed by atoms with van der Waals surface area (Å²) < 4.78 is 0. The van der Waals surface area contributed by atoms with E-state index in [9.17, 15) is 4.79 Å². The lowest BCUT2D eigenvalue weighted by Gasteiger charge is -2.09. The number of H-pyrrole nitrogens is 1. The monoisotopic (exact) mass is 346 g/mol. The standard InChI is InChI=1S/C21H22N4O/c1-16(17-8-3-2-4-9-17)22-13-7-12-21(26)25-24-15-18-14-23-20-11-6-5-10-19(18)20/h2-6,8-11,14-15,22-23H,1,7,12-13H2,(H,25,26). The highest BCUT2D eigenvalue weighted by Crippen LogP contribution is 2.15. The molecule has 0 atom stereocenters. The van der Waals surface area contributed by atoms with Crippen molar-refractivity contribution in [3.8, 4) is 0 Å². The second kappa shape index (κ2) is 8.67. The molecule has 3 N–H and O–H groups in total. The average molecular weight is 346 g/mol. The lowest BCUT2D eigenvalue weighted by atomic mass is 10.2. The first-order valence-electron chi connectivity index (χ1n) is 8.60. The smallest absolute Gasteiger partial charge is 0.240 e. The Morgan fingerprint density at radius 2 is 1.88 bits per heavy atom. The number of hydrogen-bond acceptors (Lipinski definition) is 3. The zero-order valence-corrected chi connectivity index (χ0v) is 14.5. The highest BCUT2D eigenvalue weighted by Gasteiger charge is 2.02. The van der Waals surface area contributed by atoms with Crippen molar-refractivity contribution in [2.45, 2.75) is 12.8 Å². The van der Waals surface area contributed by atoms with Gasteiger partial charge in [0.05, 0.1) is 6.21 Å². The fourth-order valence-electron chi connectivity index (χ4n) is 2.66. The molecule has 0 saturated heterocycles. The molecule has 5 nitrogen and oxygen atoms in total. The minimum Gasteiger partial charge on any atom is -0.385 e. The van der Waals surface area contributed by atoms with Gasteiger partial charge in [0.2, 0.25) is 5.91 Å². The van der Waals surface area contributed by atoms with Crippen molar-refractivity contribution >= 4 is 28.7 Å². The largest absolute Gasteiger partial charge is 0.385 e. The number of fused-ring (bicyclic) bond motifs is 1. The molecule has 5 heteroatoms. The van der Waals surface area contributed by atoms with Gasteiger partial charge in [-0.1, -0.05) is 55.1 Å². The Bertz CT molecular complexity index is 912. The molecule has 1 heterocycles. The van der Waals surface area contributed by atoms with Crippen molar-refractivity contribution in [2.24, 2.45) is 5.10 Å². The summed E-state index contributed by atoms with van der Waals surface area (Å²) in [5.41, 5.74) is 6.48. The summed E-state index contributed by atoms with van der Waals surface area (Å²) in [6.07, 6.45) is 4.65. The number of aromatic nitrogens is 1. The van der Waals surface area contributed by atoms with E-state index in [1.807, 2.05) is 60.8 Å². The summed E-state index contributed by atoms with van der Waals surface area (Å²) in [5.74, 6) is -0.104. The molecule has 1 amide bonds.